The predicted octanol–water partition coefficient (Wildman–Crippen LogP) is 4.11. The molecular weight excluding hydrogens is 258 g/mol. The first-order valence-corrected chi connectivity index (χ1v) is 6.69. The number of ketones is 1. The molecule has 0 radical (unpaired) electrons. The van der Waals surface area contributed by atoms with Gasteiger partial charge in [0.2, 0.25) is 0 Å². The molecule has 2 aromatic rings. The summed E-state index contributed by atoms with van der Waals surface area (Å²) in [5.74, 6) is -0.133. The highest BCUT2D eigenvalue weighted by molar-refractivity contribution is 6.35. The minimum atomic E-state index is -0.133. The number of aryl methyl sites for hydroxylation is 1. The van der Waals surface area contributed by atoms with Crippen LogP contribution >= 0.6 is 11.6 Å². The van der Waals surface area contributed by atoms with E-state index in [0.29, 0.717) is 21.8 Å². The summed E-state index contributed by atoms with van der Waals surface area (Å²) in [6.45, 7) is 2.13. The third kappa shape index (κ3) is 2.96. The molecule has 3 heteroatoms. The molecule has 0 spiro atoms. The molecule has 2 nitrogen and oxygen atoms in total. The molecule has 2 rings (SSSR count). The van der Waals surface area contributed by atoms with Gasteiger partial charge >= 0.3 is 0 Å². The zero-order chi connectivity index (χ0) is 13.8. The molecule has 0 atom stereocenters. The Labute approximate surface area is 118 Å². The van der Waals surface area contributed by atoms with E-state index in [-0.39, 0.29) is 5.78 Å². The highest BCUT2D eigenvalue weighted by atomic mass is 35.5. The molecule has 0 bridgehead atoms. The van der Waals surface area contributed by atoms with Gasteiger partial charge in [0, 0.05) is 11.3 Å². The van der Waals surface area contributed by atoms with Gasteiger partial charge in [0.05, 0.1) is 10.6 Å². The summed E-state index contributed by atoms with van der Waals surface area (Å²) in [7, 11) is 0. The second kappa shape index (κ2) is 5.89. The first-order valence-electron chi connectivity index (χ1n) is 6.31. The number of hydrogen-bond acceptors (Lipinski definition) is 2. The van der Waals surface area contributed by atoms with Crippen LogP contribution in [0.2, 0.25) is 5.02 Å². The van der Waals surface area contributed by atoms with E-state index in [0.717, 1.165) is 12.8 Å². The third-order valence-electron chi connectivity index (χ3n) is 3.03. The van der Waals surface area contributed by atoms with Crippen molar-refractivity contribution < 1.29 is 4.79 Å². The van der Waals surface area contributed by atoms with Crippen molar-refractivity contribution in [1.29, 1.82) is 0 Å². The van der Waals surface area contributed by atoms with Crippen molar-refractivity contribution in [2.24, 2.45) is 0 Å². The second-order valence-corrected chi connectivity index (χ2v) is 4.89. The standard InChI is InChI=1S/C16H16ClNO/c1-2-4-11-7-9-12(10-8-11)16(19)15-13(17)5-3-6-14(15)18/h3,5-10H,2,4,18H2,1H3. The number of benzene rings is 2. The van der Waals surface area contributed by atoms with Crippen LogP contribution in [0.4, 0.5) is 5.69 Å². The van der Waals surface area contributed by atoms with Gasteiger partial charge in [0.15, 0.2) is 5.78 Å². The van der Waals surface area contributed by atoms with Crippen LogP contribution in [-0.2, 0) is 6.42 Å². The van der Waals surface area contributed by atoms with Gasteiger partial charge in [-0.15, -0.1) is 0 Å². The Morgan fingerprint density at radius 2 is 1.84 bits per heavy atom. The number of anilines is 1. The number of halogens is 1. The summed E-state index contributed by atoms with van der Waals surface area (Å²) < 4.78 is 0. The summed E-state index contributed by atoms with van der Waals surface area (Å²) in [6, 6.07) is 12.7. The maximum atomic E-state index is 12.4. The monoisotopic (exact) mass is 273 g/mol. The largest absolute Gasteiger partial charge is 0.398 e. The van der Waals surface area contributed by atoms with Crippen molar-refractivity contribution in [2.75, 3.05) is 5.73 Å². The fourth-order valence-corrected chi connectivity index (χ4v) is 2.30. The Morgan fingerprint density at radius 1 is 1.16 bits per heavy atom. The van der Waals surface area contributed by atoms with Gasteiger partial charge < -0.3 is 5.73 Å². The number of nitrogen functional groups attached to an aromatic ring is 1. The van der Waals surface area contributed by atoms with E-state index in [9.17, 15) is 4.79 Å². The Bertz CT molecular complexity index is 570. The number of rotatable bonds is 4. The third-order valence-corrected chi connectivity index (χ3v) is 3.34. The van der Waals surface area contributed by atoms with Crippen molar-refractivity contribution in [3.8, 4) is 0 Å². The van der Waals surface area contributed by atoms with Gasteiger partial charge in [-0.3, -0.25) is 4.79 Å². The van der Waals surface area contributed by atoms with Gasteiger partial charge in [0.1, 0.15) is 0 Å². The number of carbonyl (C=O) groups is 1. The molecular formula is C16H16ClNO. The molecule has 0 amide bonds. The fourth-order valence-electron chi connectivity index (χ4n) is 2.04. The van der Waals surface area contributed by atoms with Crippen LogP contribution in [0.15, 0.2) is 42.5 Å². The van der Waals surface area contributed by atoms with Gasteiger partial charge in [-0.1, -0.05) is 55.3 Å². The molecule has 2 N–H and O–H groups in total. The molecule has 0 saturated heterocycles. The molecule has 98 valence electrons. The van der Waals surface area contributed by atoms with Crippen molar-refractivity contribution in [3.63, 3.8) is 0 Å². The van der Waals surface area contributed by atoms with Gasteiger partial charge in [-0.2, -0.15) is 0 Å². The SMILES string of the molecule is CCCc1ccc(C(=O)c2c(N)cccc2Cl)cc1. The summed E-state index contributed by atoms with van der Waals surface area (Å²) >= 11 is 6.05. The normalized spacial score (nSPS) is 10.4. The van der Waals surface area contributed by atoms with Crippen LogP contribution in [0.1, 0.15) is 34.8 Å². The number of carbonyl (C=O) groups excluding carboxylic acids is 1. The maximum Gasteiger partial charge on any atom is 0.196 e. The van der Waals surface area contributed by atoms with Crippen LogP contribution in [0, 0.1) is 0 Å². The fraction of sp³-hybridized carbons (Fsp3) is 0.188. The van der Waals surface area contributed by atoms with Crippen LogP contribution < -0.4 is 5.73 Å². The summed E-state index contributed by atoms with van der Waals surface area (Å²) in [5.41, 5.74) is 8.46. The van der Waals surface area contributed by atoms with Crippen molar-refractivity contribution >= 4 is 23.1 Å². The molecule has 0 aromatic heterocycles. The average Bonchev–Trinajstić information content (AvgIpc) is 2.39. The van der Waals surface area contributed by atoms with E-state index in [1.54, 1.807) is 18.2 Å². The lowest BCUT2D eigenvalue weighted by Gasteiger charge is -2.07. The Kier molecular flexibility index (Phi) is 4.23. The number of hydrogen-bond donors (Lipinski definition) is 1. The topological polar surface area (TPSA) is 43.1 Å². The predicted molar refractivity (Wildman–Crippen MR) is 79.7 cm³/mol. The molecule has 0 aliphatic heterocycles. The first-order chi connectivity index (χ1) is 9.13. The second-order valence-electron chi connectivity index (χ2n) is 4.48. The molecule has 0 unspecified atom stereocenters. The van der Waals surface area contributed by atoms with E-state index < -0.39 is 0 Å². The highest BCUT2D eigenvalue weighted by Gasteiger charge is 2.15. The quantitative estimate of drug-likeness (QED) is 0.673. The lowest BCUT2D eigenvalue weighted by molar-refractivity contribution is 0.103. The molecule has 0 aliphatic rings. The maximum absolute atomic E-state index is 12.4. The van der Waals surface area contributed by atoms with Crippen LogP contribution in [0.5, 0.6) is 0 Å². The first kappa shape index (κ1) is 13.6. The molecule has 0 saturated carbocycles. The molecule has 0 heterocycles. The highest BCUT2D eigenvalue weighted by Crippen LogP contribution is 2.25. The Hall–Kier alpha value is -1.80. The number of nitrogens with two attached hydrogens (primary N) is 1. The summed E-state index contributed by atoms with van der Waals surface area (Å²) in [5, 5.41) is 0.391. The molecule has 0 fully saturated rings. The summed E-state index contributed by atoms with van der Waals surface area (Å²) in [6.07, 6.45) is 2.10. The Balaban J connectivity index is 2.34. The van der Waals surface area contributed by atoms with Crippen molar-refractivity contribution in [2.45, 2.75) is 19.8 Å². The van der Waals surface area contributed by atoms with E-state index in [4.69, 9.17) is 17.3 Å². The van der Waals surface area contributed by atoms with Gasteiger partial charge in [-0.05, 0) is 24.1 Å². The molecule has 0 aliphatic carbocycles. The van der Waals surface area contributed by atoms with Crippen LogP contribution in [0.3, 0.4) is 0 Å². The molecule has 19 heavy (non-hydrogen) atoms. The summed E-state index contributed by atoms with van der Waals surface area (Å²) in [4.78, 5) is 12.4. The smallest absolute Gasteiger partial charge is 0.196 e. The van der Waals surface area contributed by atoms with Gasteiger partial charge in [0.25, 0.3) is 0 Å². The van der Waals surface area contributed by atoms with Crippen molar-refractivity contribution in [1.82, 2.24) is 0 Å². The molecule has 2 aromatic carbocycles. The minimum Gasteiger partial charge on any atom is -0.398 e. The lowest BCUT2D eigenvalue weighted by atomic mass is 9.99. The van der Waals surface area contributed by atoms with Crippen LogP contribution in [-0.4, -0.2) is 5.78 Å². The minimum absolute atomic E-state index is 0.133. The van der Waals surface area contributed by atoms with E-state index in [2.05, 4.69) is 6.92 Å². The van der Waals surface area contributed by atoms with E-state index >= 15 is 0 Å². The van der Waals surface area contributed by atoms with E-state index in [1.165, 1.54) is 5.56 Å². The van der Waals surface area contributed by atoms with Crippen molar-refractivity contribution in [3.05, 3.63) is 64.2 Å². The average molecular weight is 274 g/mol. The lowest BCUT2D eigenvalue weighted by Crippen LogP contribution is -2.06. The van der Waals surface area contributed by atoms with E-state index in [1.807, 2.05) is 24.3 Å². The zero-order valence-corrected chi connectivity index (χ0v) is 11.6. The Morgan fingerprint density at radius 3 is 2.42 bits per heavy atom. The van der Waals surface area contributed by atoms with Gasteiger partial charge in [-0.25, -0.2) is 0 Å². The zero-order valence-electron chi connectivity index (χ0n) is 10.8. The van der Waals surface area contributed by atoms with Crippen LogP contribution in [0.25, 0.3) is 0 Å².